The van der Waals surface area contributed by atoms with E-state index in [0.717, 1.165) is 13.1 Å². The molecule has 0 fully saturated rings. The summed E-state index contributed by atoms with van der Waals surface area (Å²) in [6.07, 6.45) is 4.86. The predicted molar refractivity (Wildman–Crippen MR) is 91.6 cm³/mol. The Hall–Kier alpha value is -1.96. The molecule has 1 heterocycles. The van der Waals surface area contributed by atoms with Crippen molar-refractivity contribution in [3.05, 3.63) is 54.1 Å². The average Bonchev–Trinajstić information content (AvgIpc) is 2.56. The summed E-state index contributed by atoms with van der Waals surface area (Å²) < 4.78 is 0. The lowest BCUT2D eigenvalue weighted by molar-refractivity contribution is 0.784. The van der Waals surface area contributed by atoms with Gasteiger partial charge >= 0.3 is 0 Å². The van der Waals surface area contributed by atoms with Crippen molar-refractivity contribution in [2.75, 3.05) is 23.3 Å². The summed E-state index contributed by atoms with van der Waals surface area (Å²) in [5, 5.41) is 3.54. The molecule has 1 N–H and O–H groups in total. The molecule has 3 rings (SSSR count). The number of rotatable bonds is 5. The smallest absolute Gasteiger partial charge is 0.0431 e. The minimum Gasteiger partial charge on any atom is -0.385 e. The Balaban J connectivity index is 1.92. The summed E-state index contributed by atoms with van der Waals surface area (Å²) in [4.78, 5) is 2.43. The predicted octanol–water partition coefficient (Wildman–Crippen LogP) is 4.98. The molecule has 0 aromatic heterocycles. The van der Waals surface area contributed by atoms with Gasteiger partial charge in [-0.25, -0.2) is 0 Å². The quantitative estimate of drug-likeness (QED) is 0.830. The van der Waals surface area contributed by atoms with Crippen molar-refractivity contribution in [1.29, 1.82) is 0 Å². The van der Waals surface area contributed by atoms with E-state index in [-0.39, 0.29) is 0 Å². The van der Waals surface area contributed by atoms with Gasteiger partial charge in [0.2, 0.25) is 0 Å². The molecule has 1 aliphatic heterocycles. The van der Waals surface area contributed by atoms with Gasteiger partial charge in [-0.05, 0) is 49.1 Å². The summed E-state index contributed by atoms with van der Waals surface area (Å²) in [6, 6.07) is 17.6. The van der Waals surface area contributed by atoms with Crippen LogP contribution in [0, 0.1) is 0 Å². The Morgan fingerprint density at radius 3 is 2.71 bits per heavy atom. The molecule has 2 aromatic carbocycles. The lowest BCUT2D eigenvalue weighted by Gasteiger charge is -2.27. The first kappa shape index (κ1) is 14.0. The highest BCUT2D eigenvalue weighted by Crippen LogP contribution is 2.31. The van der Waals surface area contributed by atoms with Crippen LogP contribution in [0.4, 0.5) is 17.1 Å². The van der Waals surface area contributed by atoms with Crippen LogP contribution < -0.4 is 10.2 Å². The lowest BCUT2D eigenvalue weighted by atomic mass is 10.0. The van der Waals surface area contributed by atoms with Gasteiger partial charge in [0.05, 0.1) is 0 Å². The SMILES string of the molecule is CCCCN(c1ccccc1)c1ccc2c(c1)NCCC2. The molecule has 0 amide bonds. The molecule has 0 saturated carbocycles. The van der Waals surface area contributed by atoms with Crippen LogP contribution in [0.1, 0.15) is 31.7 Å². The van der Waals surface area contributed by atoms with Crippen molar-refractivity contribution in [3.8, 4) is 0 Å². The van der Waals surface area contributed by atoms with E-state index in [1.807, 2.05) is 0 Å². The Morgan fingerprint density at radius 1 is 1.05 bits per heavy atom. The van der Waals surface area contributed by atoms with Crippen molar-refractivity contribution >= 4 is 17.1 Å². The molecule has 0 unspecified atom stereocenters. The maximum atomic E-state index is 3.54. The molecular formula is C19H24N2. The largest absolute Gasteiger partial charge is 0.385 e. The molecule has 0 saturated heterocycles. The Kier molecular flexibility index (Phi) is 4.44. The zero-order valence-electron chi connectivity index (χ0n) is 12.8. The third kappa shape index (κ3) is 3.21. The highest BCUT2D eigenvalue weighted by molar-refractivity contribution is 5.69. The van der Waals surface area contributed by atoms with Crippen LogP contribution in [-0.4, -0.2) is 13.1 Å². The fraction of sp³-hybridized carbons (Fsp3) is 0.368. The molecule has 0 radical (unpaired) electrons. The molecule has 2 heteroatoms. The van der Waals surface area contributed by atoms with Crippen LogP contribution in [0.2, 0.25) is 0 Å². The fourth-order valence-electron chi connectivity index (χ4n) is 2.95. The van der Waals surface area contributed by atoms with Gasteiger partial charge in [0.25, 0.3) is 0 Å². The number of para-hydroxylation sites is 1. The zero-order chi connectivity index (χ0) is 14.5. The third-order valence-electron chi connectivity index (χ3n) is 4.15. The first-order chi connectivity index (χ1) is 10.4. The van der Waals surface area contributed by atoms with Gasteiger partial charge in [0.1, 0.15) is 0 Å². The van der Waals surface area contributed by atoms with Gasteiger partial charge in [-0.1, -0.05) is 37.6 Å². The van der Waals surface area contributed by atoms with E-state index in [0.29, 0.717) is 0 Å². The molecule has 0 aliphatic carbocycles. The second kappa shape index (κ2) is 6.66. The summed E-state index contributed by atoms with van der Waals surface area (Å²) in [5.41, 5.74) is 5.34. The third-order valence-corrected chi connectivity index (χ3v) is 4.15. The van der Waals surface area contributed by atoms with E-state index in [2.05, 4.69) is 65.7 Å². The van der Waals surface area contributed by atoms with Gasteiger partial charge in [-0.2, -0.15) is 0 Å². The van der Waals surface area contributed by atoms with Crippen molar-refractivity contribution < 1.29 is 0 Å². The average molecular weight is 280 g/mol. The van der Waals surface area contributed by atoms with Crippen LogP contribution >= 0.6 is 0 Å². The standard InChI is InChI=1S/C19H24N2/c1-2-3-14-21(17-9-5-4-6-10-17)18-12-11-16-8-7-13-20-19(16)15-18/h4-6,9-12,15,20H,2-3,7-8,13-14H2,1H3. The number of aryl methyl sites for hydroxylation is 1. The molecule has 1 aliphatic rings. The Bertz CT molecular complexity index is 577. The topological polar surface area (TPSA) is 15.3 Å². The number of hydrogen-bond acceptors (Lipinski definition) is 2. The Morgan fingerprint density at radius 2 is 1.90 bits per heavy atom. The van der Waals surface area contributed by atoms with Gasteiger partial charge in [-0.3, -0.25) is 0 Å². The van der Waals surface area contributed by atoms with Crippen LogP contribution in [-0.2, 0) is 6.42 Å². The number of benzene rings is 2. The first-order valence-electron chi connectivity index (χ1n) is 8.08. The van der Waals surface area contributed by atoms with Crippen LogP contribution in [0.15, 0.2) is 48.5 Å². The van der Waals surface area contributed by atoms with Gasteiger partial charge in [0.15, 0.2) is 0 Å². The Labute approximate surface area is 127 Å². The van der Waals surface area contributed by atoms with Gasteiger partial charge < -0.3 is 10.2 Å². The van der Waals surface area contributed by atoms with E-state index < -0.39 is 0 Å². The van der Waals surface area contributed by atoms with Crippen molar-refractivity contribution in [2.45, 2.75) is 32.6 Å². The van der Waals surface area contributed by atoms with Crippen LogP contribution in [0.3, 0.4) is 0 Å². The van der Waals surface area contributed by atoms with E-state index in [1.54, 1.807) is 0 Å². The molecule has 0 spiro atoms. The van der Waals surface area contributed by atoms with E-state index in [4.69, 9.17) is 0 Å². The van der Waals surface area contributed by atoms with Crippen molar-refractivity contribution in [1.82, 2.24) is 0 Å². The minimum atomic E-state index is 1.07. The molecule has 21 heavy (non-hydrogen) atoms. The number of nitrogens with one attached hydrogen (secondary N) is 1. The summed E-state index contributed by atoms with van der Waals surface area (Å²) in [7, 11) is 0. The second-order valence-electron chi connectivity index (χ2n) is 5.71. The number of nitrogens with zero attached hydrogens (tertiary/aromatic N) is 1. The summed E-state index contributed by atoms with van der Waals surface area (Å²) in [5.74, 6) is 0. The van der Waals surface area contributed by atoms with E-state index in [1.165, 1.54) is 48.3 Å². The maximum absolute atomic E-state index is 3.54. The highest BCUT2D eigenvalue weighted by atomic mass is 15.1. The first-order valence-corrected chi connectivity index (χ1v) is 8.08. The number of hydrogen-bond donors (Lipinski definition) is 1. The van der Waals surface area contributed by atoms with E-state index >= 15 is 0 Å². The number of anilines is 3. The lowest BCUT2D eigenvalue weighted by Crippen LogP contribution is -2.19. The zero-order valence-corrected chi connectivity index (χ0v) is 12.8. The highest BCUT2D eigenvalue weighted by Gasteiger charge is 2.13. The molecule has 2 nitrogen and oxygen atoms in total. The molecule has 0 bridgehead atoms. The van der Waals surface area contributed by atoms with E-state index in [9.17, 15) is 0 Å². The van der Waals surface area contributed by atoms with Crippen molar-refractivity contribution in [3.63, 3.8) is 0 Å². The van der Waals surface area contributed by atoms with Crippen molar-refractivity contribution in [2.24, 2.45) is 0 Å². The minimum absolute atomic E-state index is 1.07. The summed E-state index contributed by atoms with van der Waals surface area (Å²) in [6.45, 7) is 4.41. The molecule has 2 aromatic rings. The molecule has 0 atom stereocenters. The number of fused-ring (bicyclic) bond motifs is 1. The second-order valence-corrected chi connectivity index (χ2v) is 5.71. The monoisotopic (exact) mass is 280 g/mol. The summed E-state index contributed by atoms with van der Waals surface area (Å²) >= 11 is 0. The normalized spacial score (nSPS) is 13.4. The van der Waals surface area contributed by atoms with Gasteiger partial charge in [-0.15, -0.1) is 0 Å². The van der Waals surface area contributed by atoms with Crippen LogP contribution in [0.25, 0.3) is 0 Å². The molecular weight excluding hydrogens is 256 g/mol. The maximum Gasteiger partial charge on any atom is 0.0431 e. The van der Waals surface area contributed by atoms with Gasteiger partial charge in [0, 0.05) is 30.2 Å². The number of unbranched alkanes of at least 4 members (excludes halogenated alkanes) is 1. The van der Waals surface area contributed by atoms with Crippen LogP contribution in [0.5, 0.6) is 0 Å². The molecule has 110 valence electrons. The fourth-order valence-corrected chi connectivity index (χ4v) is 2.95.